The first-order chi connectivity index (χ1) is 6.33. The minimum atomic E-state index is 0.526. The quantitative estimate of drug-likeness (QED) is 0.729. The molecule has 1 atom stereocenters. The first-order valence-corrected chi connectivity index (χ1v) is 4.81. The molecule has 0 fully saturated rings. The molecular formula is C9H17N3O. The average Bonchev–Trinajstić information content (AvgIpc) is 2.64. The molecule has 0 aliphatic carbocycles. The van der Waals surface area contributed by atoms with E-state index in [0.717, 1.165) is 5.82 Å². The average molecular weight is 183 g/mol. The maximum Gasteiger partial charge on any atom is 0.213 e. The second-order valence-corrected chi connectivity index (χ2v) is 3.27. The summed E-state index contributed by atoms with van der Waals surface area (Å²) in [6, 6.07) is 0.526. The van der Waals surface area contributed by atoms with Gasteiger partial charge in [0.2, 0.25) is 6.39 Å². The molecule has 0 spiro atoms. The molecule has 1 heterocycles. The van der Waals surface area contributed by atoms with Gasteiger partial charge in [-0.15, -0.1) is 0 Å². The van der Waals surface area contributed by atoms with Crippen molar-refractivity contribution in [1.82, 2.24) is 15.5 Å². The van der Waals surface area contributed by atoms with Gasteiger partial charge >= 0.3 is 0 Å². The third-order valence-corrected chi connectivity index (χ3v) is 2.01. The topological polar surface area (TPSA) is 51.0 Å². The van der Waals surface area contributed by atoms with Crippen LogP contribution in [0.3, 0.4) is 0 Å². The summed E-state index contributed by atoms with van der Waals surface area (Å²) in [5.74, 6) is 0.725. The Morgan fingerprint density at radius 2 is 2.46 bits per heavy atom. The fourth-order valence-corrected chi connectivity index (χ4v) is 1.15. The van der Waals surface area contributed by atoms with Crippen molar-refractivity contribution in [3.8, 4) is 0 Å². The SMILES string of the molecule is CCCCC(C)NCc1ncon1. The zero-order chi connectivity index (χ0) is 9.52. The second-order valence-electron chi connectivity index (χ2n) is 3.27. The number of nitrogens with zero attached hydrogens (tertiary/aromatic N) is 2. The van der Waals surface area contributed by atoms with E-state index in [2.05, 4.69) is 33.8 Å². The minimum absolute atomic E-state index is 0.526. The van der Waals surface area contributed by atoms with E-state index in [4.69, 9.17) is 0 Å². The molecule has 0 aliphatic rings. The first-order valence-electron chi connectivity index (χ1n) is 4.81. The summed E-state index contributed by atoms with van der Waals surface area (Å²) in [6.45, 7) is 5.07. The third kappa shape index (κ3) is 4.03. The summed E-state index contributed by atoms with van der Waals surface area (Å²) in [7, 11) is 0. The second kappa shape index (κ2) is 5.70. The molecule has 74 valence electrons. The molecule has 0 saturated heterocycles. The van der Waals surface area contributed by atoms with E-state index in [1.54, 1.807) is 0 Å². The lowest BCUT2D eigenvalue weighted by atomic mass is 10.1. The summed E-state index contributed by atoms with van der Waals surface area (Å²) in [5, 5.41) is 7.05. The molecule has 1 N–H and O–H groups in total. The van der Waals surface area contributed by atoms with Crippen molar-refractivity contribution < 1.29 is 4.52 Å². The van der Waals surface area contributed by atoms with Gasteiger partial charge in [-0.1, -0.05) is 24.9 Å². The van der Waals surface area contributed by atoms with E-state index in [1.165, 1.54) is 25.7 Å². The highest BCUT2D eigenvalue weighted by Gasteiger charge is 2.02. The number of hydrogen-bond donors (Lipinski definition) is 1. The Morgan fingerprint density at radius 1 is 1.62 bits per heavy atom. The van der Waals surface area contributed by atoms with Gasteiger partial charge in [-0.2, -0.15) is 4.98 Å². The van der Waals surface area contributed by atoms with Crippen molar-refractivity contribution in [1.29, 1.82) is 0 Å². The van der Waals surface area contributed by atoms with Gasteiger partial charge in [-0.05, 0) is 13.3 Å². The van der Waals surface area contributed by atoms with Crippen LogP contribution in [-0.4, -0.2) is 16.2 Å². The van der Waals surface area contributed by atoms with Crippen LogP contribution in [0.2, 0.25) is 0 Å². The molecule has 1 rings (SSSR count). The van der Waals surface area contributed by atoms with Crippen molar-refractivity contribution in [2.45, 2.75) is 45.7 Å². The molecule has 4 heteroatoms. The van der Waals surface area contributed by atoms with Crippen LogP contribution in [0.25, 0.3) is 0 Å². The number of aromatic nitrogens is 2. The van der Waals surface area contributed by atoms with Crippen molar-refractivity contribution in [2.75, 3.05) is 0 Å². The molecule has 1 aromatic rings. The van der Waals surface area contributed by atoms with E-state index >= 15 is 0 Å². The zero-order valence-electron chi connectivity index (χ0n) is 8.29. The lowest BCUT2D eigenvalue weighted by Gasteiger charge is -2.10. The van der Waals surface area contributed by atoms with Crippen LogP contribution in [0.4, 0.5) is 0 Å². The van der Waals surface area contributed by atoms with Gasteiger partial charge in [-0.3, -0.25) is 0 Å². The summed E-state index contributed by atoms with van der Waals surface area (Å²) in [6.07, 6.45) is 5.07. The van der Waals surface area contributed by atoms with Crippen molar-refractivity contribution in [3.05, 3.63) is 12.2 Å². The molecule has 0 saturated carbocycles. The van der Waals surface area contributed by atoms with Crippen LogP contribution in [0.5, 0.6) is 0 Å². The smallest absolute Gasteiger partial charge is 0.213 e. The van der Waals surface area contributed by atoms with E-state index in [-0.39, 0.29) is 0 Å². The Kier molecular flexibility index (Phi) is 4.46. The lowest BCUT2D eigenvalue weighted by molar-refractivity contribution is 0.402. The van der Waals surface area contributed by atoms with Crippen molar-refractivity contribution in [2.24, 2.45) is 0 Å². The van der Waals surface area contributed by atoms with Crippen molar-refractivity contribution >= 4 is 0 Å². The summed E-state index contributed by atoms with van der Waals surface area (Å²) < 4.78 is 4.63. The predicted octanol–water partition coefficient (Wildman–Crippen LogP) is 1.74. The lowest BCUT2D eigenvalue weighted by Crippen LogP contribution is -2.25. The normalized spacial score (nSPS) is 13.1. The molecule has 0 aliphatic heterocycles. The fourth-order valence-electron chi connectivity index (χ4n) is 1.15. The first kappa shape index (κ1) is 10.2. The molecule has 1 unspecified atom stereocenters. The van der Waals surface area contributed by atoms with Gasteiger partial charge in [0.1, 0.15) is 0 Å². The molecule has 13 heavy (non-hydrogen) atoms. The molecule has 4 nitrogen and oxygen atoms in total. The highest BCUT2D eigenvalue weighted by Crippen LogP contribution is 2.00. The Morgan fingerprint density at radius 3 is 3.08 bits per heavy atom. The largest absolute Gasteiger partial charge is 0.343 e. The Labute approximate surface area is 78.7 Å². The van der Waals surface area contributed by atoms with Crippen LogP contribution in [0, 0.1) is 0 Å². The van der Waals surface area contributed by atoms with Crippen LogP contribution in [-0.2, 0) is 6.54 Å². The van der Waals surface area contributed by atoms with E-state index in [1.807, 2.05) is 0 Å². The Balaban J connectivity index is 2.11. The van der Waals surface area contributed by atoms with Crippen LogP contribution >= 0.6 is 0 Å². The monoisotopic (exact) mass is 183 g/mol. The summed E-state index contributed by atoms with van der Waals surface area (Å²) in [5.41, 5.74) is 0. The van der Waals surface area contributed by atoms with Crippen molar-refractivity contribution in [3.63, 3.8) is 0 Å². The molecule has 1 aromatic heterocycles. The maximum absolute atomic E-state index is 4.63. The third-order valence-electron chi connectivity index (χ3n) is 2.01. The number of hydrogen-bond acceptors (Lipinski definition) is 4. The van der Waals surface area contributed by atoms with Gasteiger partial charge in [0.15, 0.2) is 5.82 Å². The van der Waals surface area contributed by atoms with E-state index < -0.39 is 0 Å². The molecular weight excluding hydrogens is 166 g/mol. The van der Waals surface area contributed by atoms with Crippen LogP contribution < -0.4 is 5.32 Å². The summed E-state index contributed by atoms with van der Waals surface area (Å²) >= 11 is 0. The maximum atomic E-state index is 4.63. The Hall–Kier alpha value is -0.900. The molecule has 0 bridgehead atoms. The number of unbranched alkanes of at least 4 members (excludes halogenated alkanes) is 1. The van der Waals surface area contributed by atoms with E-state index in [0.29, 0.717) is 12.6 Å². The van der Waals surface area contributed by atoms with Gasteiger partial charge in [0.05, 0.1) is 6.54 Å². The van der Waals surface area contributed by atoms with Crippen LogP contribution in [0.1, 0.15) is 38.9 Å². The van der Waals surface area contributed by atoms with Gasteiger partial charge in [-0.25, -0.2) is 0 Å². The fraction of sp³-hybridized carbons (Fsp3) is 0.778. The van der Waals surface area contributed by atoms with Crippen LogP contribution in [0.15, 0.2) is 10.9 Å². The highest BCUT2D eigenvalue weighted by molar-refractivity contribution is 4.77. The number of nitrogens with one attached hydrogen (secondary N) is 1. The number of rotatable bonds is 6. The minimum Gasteiger partial charge on any atom is -0.343 e. The van der Waals surface area contributed by atoms with E-state index in [9.17, 15) is 0 Å². The summed E-state index contributed by atoms with van der Waals surface area (Å²) in [4.78, 5) is 3.93. The highest BCUT2D eigenvalue weighted by atomic mass is 16.5. The zero-order valence-corrected chi connectivity index (χ0v) is 8.29. The van der Waals surface area contributed by atoms with Gasteiger partial charge in [0.25, 0.3) is 0 Å². The molecule has 0 amide bonds. The molecule has 0 radical (unpaired) electrons. The molecule has 0 aromatic carbocycles. The Bertz CT molecular complexity index is 211. The standard InChI is InChI=1S/C9H17N3O/c1-3-4-5-8(2)10-6-9-11-7-13-12-9/h7-8,10H,3-6H2,1-2H3. The van der Waals surface area contributed by atoms with Gasteiger partial charge in [0, 0.05) is 6.04 Å². The predicted molar refractivity (Wildman–Crippen MR) is 50.1 cm³/mol. The van der Waals surface area contributed by atoms with Gasteiger partial charge < -0.3 is 9.84 Å².